The lowest BCUT2D eigenvalue weighted by Crippen LogP contribution is -2.23. The Hall–Kier alpha value is -2.85. The second-order valence-corrected chi connectivity index (χ2v) is 10.6. The molecule has 170 valence electrons. The van der Waals surface area contributed by atoms with Gasteiger partial charge in [0, 0.05) is 10.4 Å². The summed E-state index contributed by atoms with van der Waals surface area (Å²) in [7, 11) is -3.23. The number of anilines is 1. The first-order chi connectivity index (χ1) is 15.3. The average molecular weight is 478 g/mol. The van der Waals surface area contributed by atoms with Crippen LogP contribution >= 0.6 is 11.3 Å². The molecule has 1 aromatic carbocycles. The monoisotopic (exact) mass is 477 g/mol. The summed E-state index contributed by atoms with van der Waals surface area (Å²) in [6, 6.07) is 5.44. The van der Waals surface area contributed by atoms with Gasteiger partial charge >= 0.3 is 5.97 Å². The molecule has 0 bridgehead atoms. The lowest BCUT2D eigenvalue weighted by molar-refractivity contribution is -0.113. The molecule has 2 aliphatic rings. The van der Waals surface area contributed by atoms with Crippen LogP contribution in [0.5, 0.6) is 11.5 Å². The summed E-state index contributed by atoms with van der Waals surface area (Å²) >= 11 is 1.11. The predicted molar refractivity (Wildman–Crippen MR) is 121 cm³/mol. The summed E-state index contributed by atoms with van der Waals surface area (Å²) in [5.74, 6) is 0.0142. The molecule has 10 heteroatoms. The van der Waals surface area contributed by atoms with Crippen LogP contribution in [-0.4, -0.2) is 45.9 Å². The molecule has 0 fully saturated rings. The Morgan fingerprint density at radius 3 is 2.78 bits per heavy atom. The number of fused-ring (bicyclic) bond motifs is 2. The number of carbonyl (C=O) groups excluding carboxylic acids is 2. The molecule has 0 atom stereocenters. The first kappa shape index (κ1) is 22.3. The third-order valence-electron chi connectivity index (χ3n) is 5.11. The van der Waals surface area contributed by atoms with E-state index in [1.807, 2.05) is 19.1 Å². The van der Waals surface area contributed by atoms with Crippen LogP contribution in [0.2, 0.25) is 0 Å². The summed E-state index contributed by atoms with van der Waals surface area (Å²) in [6.45, 7) is 4.28. The summed E-state index contributed by atoms with van der Waals surface area (Å²) in [5.41, 5.74) is 1.97. The highest BCUT2D eigenvalue weighted by molar-refractivity contribution is 7.90. The molecule has 2 aliphatic heterocycles. The van der Waals surface area contributed by atoms with Crippen LogP contribution in [0.1, 0.15) is 40.2 Å². The Kier molecular flexibility index (Phi) is 6.25. The van der Waals surface area contributed by atoms with Crippen molar-refractivity contribution in [3.63, 3.8) is 0 Å². The van der Waals surface area contributed by atoms with Crippen LogP contribution in [0.25, 0.3) is 6.08 Å². The predicted octanol–water partition coefficient (Wildman–Crippen LogP) is 3.21. The van der Waals surface area contributed by atoms with Crippen molar-refractivity contribution in [2.45, 2.75) is 26.0 Å². The minimum Gasteiger partial charge on any atom is -0.490 e. The molecule has 2 aromatic rings. The van der Waals surface area contributed by atoms with Gasteiger partial charge in [0.1, 0.15) is 11.6 Å². The van der Waals surface area contributed by atoms with Crippen molar-refractivity contribution in [1.29, 1.82) is 0 Å². The standard InChI is InChI=1S/C22H23NO7S2/c1-3-28-16-7-5-6-13-10-14(11-30-19(13)16)20(24)23-21-18(22(25)29-4-2)15-8-9-32(26,27)12-17(15)31-21/h5-7,10H,3-4,8-9,11-12H2,1-2H3,(H,23,24). The third kappa shape index (κ3) is 4.37. The van der Waals surface area contributed by atoms with Gasteiger partial charge in [0.05, 0.1) is 35.9 Å². The number of hydrogen-bond acceptors (Lipinski definition) is 8. The highest BCUT2D eigenvalue weighted by Crippen LogP contribution is 2.39. The molecule has 0 saturated carbocycles. The summed E-state index contributed by atoms with van der Waals surface area (Å²) in [5, 5.41) is 3.08. The van der Waals surface area contributed by atoms with Crippen LogP contribution in [0, 0.1) is 0 Å². The zero-order valence-corrected chi connectivity index (χ0v) is 19.4. The van der Waals surface area contributed by atoms with Crippen molar-refractivity contribution < 1.29 is 32.2 Å². The normalized spacial score (nSPS) is 16.1. The highest BCUT2D eigenvalue weighted by atomic mass is 32.2. The van der Waals surface area contributed by atoms with Crippen molar-refractivity contribution in [1.82, 2.24) is 0 Å². The zero-order chi connectivity index (χ0) is 22.9. The molecule has 0 saturated heterocycles. The minimum atomic E-state index is -3.23. The minimum absolute atomic E-state index is 0.0333. The molecule has 0 unspecified atom stereocenters. The number of hydrogen-bond donors (Lipinski definition) is 1. The van der Waals surface area contributed by atoms with E-state index in [1.54, 1.807) is 19.1 Å². The molecule has 3 heterocycles. The number of rotatable bonds is 6. The van der Waals surface area contributed by atoms with E-state index in [2.05, 4.69) is 5.32 Å². The first-order valence-corrected chi connectivity index (χ1v) is 12.9. The summed E-state index contributed by atoms with van der Waals surface area (Å²) < 4.78 is 40.6. The van der Waals surface area contributed by atoms with Crippen LogP contribution in [0.3, 0.4) is 0 Å². The fourth-order valence-corrected chi connectivity index (χ4v) is 6.73. The number of thiophene rings is 1. The number of amides is 1. The molecule has 0 spiro atoms. The zero-order valence-electron chi connectivity index (χ0n) is 17.7. The molecule has 1 aromatic heterocycles. The topological polar surface area (TPSA) is 108 Å². The molecular formula is C22H23NO7S2. The molecule has 8 nitrogen and oxygen atoms in total. The van der Waals surface area contributed by atoms with Crippen molar-refractivity contribution in [2.75, 3.05) is 30.9 Å². The van der Waals surface area contributed by atoms with E-state index in [1.165, 1.54) is 0 Å². The maximum absolute atomic E-state index is 13.0. The fourth-order valence-electron chi connectivity index (χ4n) is 3.69. The van der Waals surface area contributed by atoms with E-state index in [0.717, 1.165) is 16.9 Å². The fraction of sp³-hybridized carbons (Fsp3) is 0.364. The number of ether oxygens (including phenoxy) is 3. The van der Waals surface area contributed by atoms with Crippen LogP contribution in [0.15, 0.2) is 23.8 Å². The largest absolute Gasteiger partial charge is 0.490 e. The molecule has 0 radical (unpaired) electrons. The van der Waals surface area contributed by atoms with Gasteiger partial charge in [-0.25, -0.2) is 13.2 Å². The summed E-state index contributed by atoms with van der Waals surface area (Å²) in [4.78, 5) is 26.2. The van der Waals surface area contributed by atoms with E-state index in [0.29, 0.717) is 39.1 Å². The molecule has 1 N–H and O–H groups in total. The van der Waals surface area contributed by atoms with E-state index in [9.17, 15) is 18.0 Å². The van der Waals surface area contributed by atoms with Gasteiger partial charge in [-0.15, -0.1) is 11.3 Å². The van der Waals surface area contributed by atoms with E-state index in [4.69, 9.17) is 14.2 Å². The quantitative estimate of drug-likeness (QED) is 0.637. The maximum atomic E-state index is 13.0. The highest BCUT2D eigenvalue weighted by Gasteiger charge is 2.32. The van der Waals surface area contributed by atoms with Crippen LogP contribution in [0.4, 0.5) is 5.00 Å². The maximum Gasteiger partial charge on any atom is 0.341 e. The number of para-hydroxylation sites is 1. The van der Waals surface area contributed by atoms with Crippen molar-refractivity contribution in [3.05, 3.63) is 45.3 Å². The van der Waals surface area contributed by atoms with Crippen molar-refractivity contribution in [3.8, 4) is 11.5 Å². The van der Waals surface area contributed by atoms with E-state index < -0.39 is 21.7 Å². The Morgan fingerprint density at radius 1 is 1.22 bits per heavy atom. The smallest absolute Gasteiger partial charge is 0.341 e. The number of nitrogens with one attached hydrogen (secondary N) is 1. The van der Waals surface area contributed by atoms with E-state index >= 15 is 0 Å². The Morgan fingerprint density at radius 2 is 2.03 bits per heavy atom. The van der Waals surface area contributed by atoms with Gasteiger partial charge in [-0.05, 0) is 38.0 Å². The number of benzene rings is 1. The molecular weight excluding hydrogens is 454 g/mol. The Labute approximate surface area is 190 Å². The van der Waals surface area contributed by atoms with Gasteiger partial charge in [-0.2, -0.15) is 0 Å². The van der Waals surface area contributed by atoms with Gasteiger partial charge in [-0.3, -0.25) is 4.79 Å². The second-order valence-electron chi connectivity index (χ2n) is 7.29. The van der Waals surface area contributed by atoms with Crippen LogP contribution in [-0.2, 0) is 31.5 Å². The number of carbonyl (C=O) groups is 2. The number of sulfone groups is 1. The van der Waals surface area contributed by atoms with Gasteiger partial charge in [-0.1, -0.05) is 12.1 Å². The van der Waals surface area contributed by atoms with Gasteiger partial charge < -0.3 is 19.5 Å². The second kappa shape index (κ2) is 8.95. The molecule has 0 aliphatic carbocycles. The SMILES string of the molecule is CCOC(=O)c1c(NC(=O)C2=Cc3cccc(OCC)c3OC2)sc2c1CCS(=O)(=O)C2. The third-order valence-corrected chi connectivity index (χ3v) is 8.00. The lowest BCUT2D eigenvalue weighted by atomic mass is 10.1. The average Bonchev–Trinajstić information content (AvgIpc) is 3.09. The van der Waals surface area contributed by atoms with E-state index in [-0.39, 0.29) is 36.7 Å². The van der Waals surface area contributed by atoms with Crippen LogP contribution < -0.4 is 14.8 Å². The summed E-state index contributed by atoms with van der Waals surface area (Å²) in [6.07, 6.45) is 1.94. The lowest BCUT2D eigenvalue weighted by Gasteiger charge is -2.20. The van der Waals surface area contributed by atoms with Gasteiger partial charge in [0.2, 0.25) is 0 Å². The first-order valence-electron chi connectivity index (χ1n) is 10.3. The molecule has 4 rings (SSSR count). The van der Waals surface area contributed by atoms with Gasteiger partial charge in [0.25, 0.3) is 5.91 Å². The Balaban J connectivity index is 1.64. The van der Waals surface area contributed by atoms with Gasteiger partial charge in [0.15, 0.2) is 21.3 Å². The van der Waals surface area contributed by atoms with Crippen molar-refractivity contribution in [2.24, 2.45) is 0 Å². The van der Waals surface area contributed by atoms with Crippen molar-refractivity contribution >= 4 is 44.1 Å². The Bertz CT molecular complexity index is 1210. The number of esters is 1. The molecule has 1 amide bonds. The molecule has 32 heavy (non-hydrogen) atoms.